The molecule has 120 valence electrons. The molecule has 0 aliphatic carbocycles. The van der Waals surface area contributed by atoms with Crippen LogP contribution in [0.4, 0.5) is 0 Å². The van der Waals surface area contributed by atoms with E-state index in [2.05, 4.69) is 9.72 Å². The molecular formula is C15H15N3O4S. The Morgan fingerprint density at radius 1 is 1.57 bits per heavy atom. The number of methoxy groups -OCH3 is 1. The van der Waals surface area contributed by atoms with Crippen LogP contribution >= 0.6 is 11.8 Å². The van der Waals surface area contributed by atoms with Gasteiger partial charge >= 0.3 is 5.97 Å². The van der Waals surface area contributed by atoms with Crippen molar-refractivity contribution in [2.75, 3.05) is 12.9 Å². The lowest BCUT2D eigenvalue weighted by molar-refractivity contribution is 0.0601. The standard InChI is InChI=1S/C15H15N3O4S/c1-9(19)8-18-13(20)11-4-3-10(14(21)22-2)7-12(11)17-15(18)23-6-5-16/h3-4,7,9,19H,6,8H2,1-2H3/t9-/m0/s1. The molecular weight excluding hydrogens is 318 g/mol. The predicted molar refractivity (Wildman–Crippen MR) is 85.4 cm³/mol. The second-order valence-electron chi connectivity index (χ2n) is 4.83. The van der Waals surface area contributed by atoms with Crippen molar-refractivity contribution in [3.63, 3.8) is 0 Å². The summed E-state index contributed by atoms with van der Waals surface area (Å²) in [6, 6.07) is 6.45. The highest BCUT2D eigenvalue weighted by molar-refractivity contribution is 7.99. The number of hydrogen-bond acceptors (Lipinski definition) is 7. The minimum Gasteiger partial charge on any atom is -0.465 e. The molecule has 0 saturated carbocycles. The van der Waals surface area contributed by atoms with Crippen LogP contribution in [0, 0.1) is 11.3 Å². The highest BCUT2D eigenvalue weighted by atomic mass is 32.2. The second-order valence-corrected chi connectivity index (χ2v) is 5.77. The Kier molecular flexibility index (Phi) is 5.36. The molecule has 0 fully saturated rings. The van der Waals surface area contributed by atoms with Gasteiger partial charge in [0.15, 0.2) is 5.16 Å². The third kappa shape index (κ3) is 3.70. The zero-order valence-corrected chi connectivity index (χ0v) is 13.5. The third-order valence-corrected chi connectivity index (χ3v) is 3.90. The lowest BCUT2D eigenvalue weighted by Gasteiger charge is -2.14. The molecule has 8 heteroatoms. The number of ether oxygens (including phenoxy) is 1. The van der Waals surface area contributed by atoms with Gasteiger partial charge in [0.2, 0.25) is 0 Å². The Balaban J connectivity index is 2.65. The number of fused-ring (bicyclic) bond motifs is 1. The summed E-state index contributed by atoms with van der Waals surface area (Å²) in [5, 5.41) is 19.0. The largest absolute Gasteiger partial charge is 0.465 e. The van der Waals surface area contributed by atoms with Crippen LogP contribution in [0.2, 0.25) is 0 Å². The van der Waals surface area contributed by atoms with Crippen molar-refractivity contribution in [2.45, 2.75) is 24.7 Å². The van der Waals surface area contributed by atoms with E-state index in [-0.39, 0.29) is 23.4 Å². The Hall–Kier alpha value is -2.37. The highest BCUT2D eigenvalue weighted by Crippen LogP contribution is 2.19. The topological polar surface area (TPSA) is 105 Å². The number of carbonyl (C=O) groups excluding carboxylic acids is 1. The number of nitrogens with zero attached hydrogens (tertiary/aromatic N) is 3. The average Bonchev–Trinajstić information content (AvgIpc) is 2.54. The number of esters is 1. The first-order chi connectivity index (χ1) is 11.0. The van der Waals surface area contributed by atoms with Gasteiger partial charge in [-0.25, -0.2) is 9.78 Å². The van der Waals surface area contributed by atoms with Gasteiger partial charge in [-0.15, -0.1) is 0 Å². The lowest BCUT2D eigenvalue weighted by Crippen LogP contribution is -2.28. The summed E-state index contributed by atoms with van der Waals surface area (Å²) in [6.45, 7) is 1.64. The quantitative estimate of drug-likeness (QED) is 0.497. The van der Waals surface area contributed by atoms with Crippen molar-refractivity contribution >= 4 is 28.6 Å². The van der Waals surface area contributed by atoms with Crippen LogP contribution in [-0.4, -0.2) is 39.6 Å². The van der Waals surface area contributed by atoms with Gasteiger partial charge < -0.3 is 9.84 Å². The molecule has 1 atom stereocenters. The maximum absolute atomic E-state index is 12.6. The van der Waals surface area contributed by atoms with Crippen molar-refractivity contribution < 1.29 is 14.6 Å². The minimum atomic E-state index is -0.734. The first kappa shape index (κ1) is 17.0. The number of nitriles is 1. The molecule has 0 bridgehead atoms. The smallest absolute Gasteiger partial charge is 0.337 e. The van der Waals surface area contributed by atoms with E-state index in [9.17, 15) is 14.7 Å². The van der Waals surface area contributed by atoms with Crippen molar-refractivity contribution in [1.82, 2.24) is 9.55 Å². The van der Waals surface area contributed by atoms with Gasteiger partial charge in [-0.2, -0.15) is 5.26 Å². The molecule has 2 rings (SSSR count). The summed E-state index contributed by atoms with van der Waals surface area (Å²) in [4.78, 5) is 28.6. The minimum absolute atomic E-state index is 0.0777. The number of rotatable bonds is 5. The van der Waals surface area contributed by atoms with Gasteiger partial charge in [0, 0.05) is 0 Å². The monoisotopic (exact) mass is 333 g/mol. The molecule has 1 aromatic heterocycles. The van der Waals surface area contributed by atoms with Crippen molar-refractivity contribution in [3.05, 3.63) is 34.1 Å². The molecule has 0 spiro atoms. The molecule has 0 aliphatic heterocycles. The Bertz CT molecular complexity index is 839. The van der Waals surface area contributed by atoms with Crippen LogP contribution in [0.25, 0.3) is 10.9 Å². The van der Waals surface area contributed by atoms with Gasteiger partial charge in [-0.3, -0.25) is 9.36 Å². The summed E-state index contributed by atoms with van der Waals surface area (Å²) < 4.78 is 6.00. The average molecular weight is 333 g/mol. The predicted octanol–water partition coefficient (Wildman–Crippen LogP) is 1.18. The summed E-state index contributed by atoms with van der Waals surface area (Å²) in [7, 11) is 1.27. The third-order valence-electron chi connectivity index (χ3n) is 3.05. The van der Waals surface area contributed by atoms with E-state index in [0.29, 0.717) is 16.1 Å². The van der Waals surface area contributed by atoms with E-state index < -0.39 is 12.1 Å². The van der Waals surface area contributed by atoms with Gasteiger partial charge in [0.25, 0.3) is 5.56 Å². The van der Waals surface area contributed by atoms with Gasteiger partial charge in [-0.05, 0) is 25.1 Å². The fraction of sp³-hybridized carbons (Fsp3) is 0.333. The Morgan fingerprint density at radius 3 is 2.91 bits per heavy atom. The number of benzene rings is 1. The molecule has 1 aromatic carbocycles. The molecule has 1 N–H and O–H groups in total. The number of carbonyl (C=O) groups is 1. The maximum atomic E-state index is 12.6. The molecule has 0 amide bonds. The van der Waals surface area contributed by atoms with Crippen LogP contribution in [0.15, 0.2) is 28.2 Å². The van der Waals surface area contributed by atoms with Crippen molar-refractivity contribution in [1.29, 1.82) is 5.26 Å². The molecule has 1 heterocycles. The van der Waals surface area contributed by atoms with E-state index in [1.165, 1.54) is 29.9 Å². The van der Waals surface area contributed by atoms with E-state index in [1.54, 1.807) is 6.92 Å². The fourth-order valence-electron chi connectivity index (χ4n) is 2.08. The Morgan fingerprint density at radius 2 is 2.30 bits per heavy atom. The van der Waals surface area contributed by atoms with E-state index in [4.69, 9.17) is 5.26 Å². The van der Waals surface area contributed by atoms with Gasteiger partial charge in [0.1, 0.15) is 0 Å². The molecule has 23 heavy (non-hydrogen) atoms. The van der Waals surface area contributed by atoms with E-state index in [1.807, 2.05) is 6.07 Å². The highest BCUT2D eigenvalue weighted by Gasteiger charge is 2.15. The summed E-state index contributed by atoms with van der Waals surface area (Å²) in [6.07, 6.45) is -0.734. The molecule has 0 aliphatic rings. The molecule has 0 saturated heterocycles. The number of hydrogen-bond donors (Lipinski definition) is 1. The molecule has 7 nitrogen and oxygen atoms in total. The normalized spacial score (nSPS) is 11.9. The van der Waals surface area contributed by atoms with E-state index in [0.717, 1.165) is 11.8 Å². The molecule has 0 unspecified atom stereocenters. The fourth-order valence-corrected chi connectivity index (χ4v) is 2.75. The lowest BCUT2D eigenvalue weighted by atomic mass is 10.1. The maximum Gasteiger partial charge on any atom is 0.337 e. The van der Waals surface area contributed by atoms with Crippen molar-refractivity contribution in [2.24, 2.45) is 0 Å². The van der Waals surface area contributed by atoms with Gasteiger partial charge in [0.05, 0.1) is 48.0 Å². The van der Waals surface area contributed by atoms with Crippen LogP contribution < -0.4 is 5.56 Å². The second kappa shape index (κ2) is 7.26. The van der Waals surface area contributed by atoms with Gasteiger partial charge in [-0.1, -0.05) is 11.8 Å². The zero-order valence-electron chi connectivity index (χ0n) is 12.6. The summed E-state index contributed by atoms with van der Waals surface area (Å²) in [5.41, 5.74) is 0.310. The number of aromatic nitrogens is 2. The van der Waals surface area contributed by atoms with E-state index >= 15 is 0 Å². The van der Waals surface area contributed by atoms with Crippen LogP contribution in [0.5, 0.6) is 0 Å². The SMILES string of the molecule is COC(=O)c1ccc2c(=O)n(C[C@H](C)O)c(SCC#N)nc2c1. The first-order valence-corrected chi connectivity index (χ1v) is 7.77. The van der Waals surface area contributed by atoms with Crippen LogP contribution in [0.3, 0.4) is 0 Å². The molecule has 0 radical (unpaired) electrons. The first-order valence-electron chi connectivity index (χ1n) is 6.78. The Labute approximate surface area is 136 Å². The number of aliphatic hydroxyl groups excluding tert-OH is 1. The van der Waals surface area contributed by atoms with Crippen molar-refractivity contribution in [3.8, 4) is 6.07 Å². The molecule has 2 aromatic rings. The number of thioether (sulfide) groups is 1. The zero-order chi connectivity index (χ0) is 17.0. The number of aliphatic hydroxyl groups is 1. The summed E-state index contributed by atoms with van der Waals surface area (Å²) >= 11 is 1.10. The van der Waals surface area contributed by atoms with Crippen LogP contribution in [-0.2, 0) is 11.3 Å². The van der Waals surface area contributed by atoms with Crippen LogP contribution in [0.1, 0.15) is 17.3 Å². The summed E-state index contributed by atoms with van der Waals surface area (Å²) in [5.74, 6) is -0.401.